The van der Waals surface area contributed by atoms with Crippen LogP contribution in [-0.4, -0.2) is 18.6 Å². The molecule has 0 saturated carbocycles. The molecule has 0 aromatic heterocycles. The van der Waals surface area contributed by atoms with Crippen molar-refractivity contribution in [2.75, 3.05) is 6.61 Å². The van der Waals surface area contributed by atoms with Gasteiger partial charge in [0.2, 0.25) is 0 Å². The first-order valence-electron chi connectivity index (χ1n) is 6.04. The minimum absolute atomic E-state index is 0.244. The van der Waals surface area contributed by atoms with Crippen LogP contribution in [-0.2, 0) is 9.53 Å². The zero-order valence-corrected chi connectivity index (χ0v) is 10.3. The van der Waals surface area contributed by atoms with Gasteiger partial charge in [-0.3, -0.25) is 4.79 Å². The molecule has 0 aliphatic heterocycles. The number of unbranched alkanes of at least 4 members (excludes halogenated alkanes) is 1. The van der Waals surface area contributed by atoms with Crippen molar-refractivity contribution in [3.63, 3.8) is 0 Å². The molecule has 0 rings (SSSR count). The summed E-state index contributed by atoms with van der Waals surface area (Å²) in [6, 6.07) is -0.432. The number of nitrogens with two attached hydrogens (primary N) is 1. The van der Waals surface area contributed by atoms with Gasteiger partial charge in [0.15, 0.2) is 0 Å². The molecule has 0 spiro atoms. The molecule has 0 fully saturated rings. The summed E-state index contributed by atoms with van der Waals surface area (Å²) in [5, 5.41) is 0. The molecule has 0 aromatic rings. The van der Waals surface area contributed by atoms with Crippen molar-refractivity contribution in [2.45, 2.75) is 58.9 Å². The maximum absolute atomic E-state index is 11.4. The second-order valence-electron chi connectivity index (χ2n) is 4.27. The molecule has 0 aromatic carbocycles. The van der Waals surface area contributed by atoms with Crippen LogP contribution in [0, 0.1) is 5.92 Å². The van der Waals surface area contributed by atoms with E-state index in [1.165, 1.54) is 0 Å². The number of ether oxygens (including phenoxy) is 1. The van der Waals surface area contributed by atoms with Gasteiger partial charge in [-0.15, -0.1) is 0 Å². The molecule has 2 N–H and O–H groups in total. The number of carbonyl (C=O) groups is 1. The minimum Gasteiger partial charge on any atom is -0.464 e. The minimum atomic E-state index is -0.432. The second kappa shape index (κ2) is 8.72. The van der Waals surface area contributed by atoms with E-state index in [2.05, 4.69) is 20.8 Å². The molecule has 0 radical (unpaired) electrons. The van der Waals surface area contributed by atoms with E-state index in [0.29, 0.717) is 12.5 Å². The van der Waals surface area contributed by atoms with E-state index in [0.717, 1.165) is 32.1 Å². The number of carbonyl (C=O) groups excluding carboxylic acids is 1. The smallest absolute Gasteiger partial charge is 0.322 e. The van der Waals surface area contributed by atoms with Crippen LogP contribution in [0.4, 0.5) is 0 Å². The first kappa shape index (κ1) is 14.4. The molecule has 3 heteroatoms. The van der Waals surface area contributed by atoms with Gasteiger partial charge in [0.25, 0.3) is 0 Å². The molecule has 90 valence electrons. The molecule has 0 aliphatic carbocycles. The van der Waals surface area contributed by atoms with Crippen LogP contribution in [0.5, 0.6) is 0 Å². The van der Waals surface area contributed by atoms with Gasteiger partial charge in [-0.1, -0.05) is 40.0 Å². The number of hydrogen-bond donors (Lipinski definition) is 1. The van der Waals surface area contributed by atoms with Gasteiger partial charge in [-0.05, 0) is 18.8 Å². The van der Waals surface area contributed by atoms with E-state index in [9.17, 15) is 4.79 Å². The quantitative estimate of drug-likeness (QED) is 0.633. The topological polar surface area (TPSA) is 52.3 Å². The zero-order chi connectivity index (χ0) is 11.7. The Kier molecular flexibility index (Phi) is 8.38. The summed E-state index contributed by atoms with van der Waals surface area (Å²) in [5.74, 6) is 0.198. The van der Waals surface area contributed by atoms with Crippen LogP contribution >= 0.6 is 0 Å². The van der Waals surface area contributed by atoms with Crippen molar-refractivity contribution in [1.82, 2.24) is 0 Å². The lowest BCUT2D eigenvalue weighted by Gasteiger charge is -2.14. The average molecular weight is 215 g/mol. The lowest BCUT2D eigenvalue weighted by molar-refractivity contribution is -0.146. The van der Waals surface area contributed by atoms with Gasteiger partial charge >= 0.3 is 5.97 Å². The first-order chi connectivity index (χ1) is 7.11. The molecule has 15 heavy (non-hydrogen) atoms. The monoisotopic (exact) mass is 215 g/mol. The molecular formula is C12H25NO2. The third kappa shape index (κ3) is 7.37. The Morgan fingerprint density at radius 3 is 2.47 bits per heavy atom. The maximum Gasteiger partial charge on any atom is 0.322 e. The van der Waals surface area contributed by atoms with Crippen molar-refractivity contribution in [1.29, 1.82) is 0 Å². The Morgan fingerprint density at radius 1 is 1.27 bits per heavy atom. The summed E-state index contributed by atoms with van der Waals surface area (Å²) < 4.78 is 5.15. The second-order valence-corrected chi connectivity index (χ2v) is 4.27. The van der Waals surface area contributed by atoms with Crippen molar-refractivity contribution < 1.29 is 9.53 Å². The zero-order valence-electron chi connectivity index (χ0n) is 10.3. The number of hydrogen-bond acceptors (Lipinski definition) is 3. The summed E-state index contributed by atoms with van der Waals surface area (Å²) in [7, 11) is 0. The SMILES string of the molecule is CCCC[C@H](N)C(=O)OCC(C)CCC. The van der Waals surface area contributed by atoms with Crippen molar-refractivity contribution in [3.05, 3.63) is 0 Å². The molecule has 0 amide bonds. The average Bonchev–Trinajstić information content (AvgIpc) is 2.22. The van der Waals surface area contributed by atoms with E-state index in [4.69, 9.17) is 10.5 Å². The van der Waals surface area contributed by atoms with E-state index in [1.54, 1.807) is 0 Å². The predicted molar refractivity (Wildman–Crippen MR) is 62.5 cm³/mol. The molecule has 0 bridgehead atoms. The molecule has 0 saturated heterocycles. The molecule has 3 nitrogen and oxygen atoms in total. The van der Waals surface area contributed by atoms with E-state index in [1.807, 2.05) is 0 Å². The lowest BCUT2D eigenvalue weighted by atomic mass is 10.1. The molecule has 0 aliphatic rings. The van der Waals surface area contributed by atoms with Gasteiger partial charge in [-0.2, -0.15) is 0 Å². The molecule has 2 atom stereocenters. The summed E-state index contributed by atoms with van der Waals surface area (Å²) in [6.07, 6.45) is 5.00. The van der Waals surface area contributed by atoms with Gasteiger partial charge in [0.1, 0.15) is 6.04 Å². The first-order valence-corrected chi connectivity index (χ1v) is 6.04. The summed E-state index contributed by atoms with van der Waals surface area (Å²) in [4.78, 5) is 11.4. The van der Waals surface area contributed by atoms with Gasteiger partial charge in [0.05, 0.1) is 6.61 Å². The fourth-order valence-corrected chi connectivity index (χ4v) is 1.45. The fourth-order valence-electron chi connectivity index (χ4n) is 1.45. The van der Waals surface area contributed by atoms with E-state index in [-0.39, 0.29) is 5.97 Å². The Hall–Kier alpha value is -0.570. The summed E-state index contributed by atoms with van der Waals surface area (Å²) >= 11 is 0. The van der Waals surface area contributed by atoms with E-state index < -0.39 is 6.04 Å². The van der Waals surface area contributed by atoms with Crippen molar-refractivity contribution in [2.24, 2.45) is 11.7 Å². The highest BCUT2D eigenvalue weighted by molar-refractivity contribution is 5.75. The highest BCUT2D eigenvalue weighted by Gasteiger charge is 2.15. The Labute approximate surface area is 93.4 Å². The fraction of sp³-hybridized carbons (Fsp3) is 0.917. The van der Waals surface area contributed by atoms with Gasteiger partial charge < -0.3 is 10.5 Å². The van der Waals surface area contributed by atoms with Crippen LogP contribution in [0.15, 0.2) is 0 Å². The summed E-state index contributed by atoms with van der Waals surface area (Å²) in [5.41, 5.74) is 5.69. The van der Waals surface area contributed by atoms with Gasteiger partial charge in [-0.25, -0.2) is 0 Å². The van der Waals surface area contributed by atoms with Gasteiger partial charge in [0, 0.05) is 0 Å². The maximum atomic E-state index is 11.4. The number of rotatable bonds is 8. The lowest BCUT2D eigenvalue weighted by Crippen LogP contribution is -2.33. The summed E-state index contributed by atoms with van der Waals surface area (Å²) in [6.45, 7) is 6.81. The Balaban J connectivity index is 3.63. The van der Waals surface area contributed by atoms with Crippen LogP contribution in [0.2, 0.25) is 0 Å². The highest BCUT2D eigenvalue weighted by atomic mass is 16.5. The third-order valence-electron chi connectivity index (χ3n) is 2.46. The normalized spacial score (nSPS) is 14.7. The van der Waals surface area contributed by atoms with Crippen molar-refractivity contribution in [3.8, 4) is 0 Å². The van der Waals surface area contributed by atoms with Crippen LogP contribution in [0.25, 0.3) is 0 Å². The molecular weight excluding hydrogens is 190 g/mol. The Morgan fingerprint density at radius 2 is 1.93 bits per heavy atom. The predicted octanol–water partition coefficient (Wildman–Crippen LogP) is 2.48. The largest absolute Gasteiger partial charge is 0.464 e. The Bertz CT molecular complexity index is 171. The third-order valence-corrected chi connectivity index (χ3v) is 2.46. The van der Waals surface area contributed by atoms with Crippen molar-refractivity contribution >= 4 is 5.97 Å². The number of esters is 1. The molecule has 0 heterocycles. The van der Waals surface area contributed by atoms with Crippen LogP contribution in [0.1, 0.15) is 52.9 Å². The highest BCUT2D eigenvalue weighted by Crippen LogP contribution is 2.06. The van der Waals surface area contributed by atoms with Crippen LogP contribution < -0.4 is 5.73 Å². The standard InChI is InChI=1S/C12H25NO2/c1-4-6-8-11(13)12(14)15-9-10(3)7-5-2/h10-11H,4-9,13H2,1-3H3/t10?,11-/m0/s1. The molecule has 1 unspecified atom stereocenters. The van der Waals surface area contributed by atoms with E-state index >= 15 is 0 Å². The van der Waals surface area contributed by atoms with Crippen LogP contribution in [0.3, 0.4) is 0 Å².